The number of aromatic nitrogens is 3. The van der Waals surface area contributed by atoms with Crippen molar-refractivity contribution in [2.75, 3.05) is 0 Å². The van der Waals surface area contributed by atoms with Gasteiger partial charge in [-0.15, -0.1) is 0 Å². The smallest absolute Gasteiger partial charge is 0.293 e. The number of hydrogen-bond acceptors (Lipinski definition) is 6. The number of halogens is 1. The summed E-state index contributed by atoms with van der Waals surface area (Å²) in [6.45, 7) is 0.444. The third-order valence-corrected chi connectivity index (χ3v) is 5.11. The van der Waals surface area contributed by atoms with Crippen molar-refractivity contribution in [3.63, 3.8) is 0 Å². The van der Waals surface area contributed by atoms with E-state index in [4.69, 9.17) is 0 Å². The number of nitrogens with zero attached hydrogens (tertiary/aromatic N) is 2. The first kappa shape index (κ1) is 22.8. The molecule has 0 saturated heterocycles. The minimum atomic E-state index is -0.836. The van der Waals surface area contributed by atoms with E-state index < -0.39 is 34.8 Å². The summed E-state index contributed by atoms with van der Waals surface area (Å²) < 4.78 is 13.1. The molecule has 34 heavy (non-hydrogen) atoms. The quantitative estimate of drug-likeness (QED) is 0.322. The fraction of sp³-hybridized carbons (Fsp3) is 0.120. The molecular weight excluding hydrogens is 437 g/mol. The van der Waals surface area contributed by atoms with Crippen molar-refractivity contribution in [3.05, 3.63) is 124 Å². The van der Waals surface area contributed by atoms with Crippen LogP contribution in [-0.4, -0.2) is 26.0 Å². The Bertz CT molecular complexity index is 1310. The van der Waals surface area contributed by atoms with Crippen molar-refractivity contribution >= 4 is 5.91 Å². The van der Waals surface area contributed by atoms with Gasteiger partial charge >= 0.3 is 0 Å². The Morgan fingerprint density at radius 3 is 2.44 bits per heavy atom. The van der Waals surface area contributed by atoms with Crippen LogP contribution in [0.2, 0.25) is 0 Å². The molecule has 0 aliphatic carbocycles. The largest absolute Gasteiger partial charge is 0.501 e. The summed E-state index contributed by atoms with van der Waals surface area (Å²) in [7, 11) is 0. The Morgan fingerprint density at radius 1 is 1.00 bits per heavy atom. The average molecular weight is 459 g/mol. The maximum Gasteiger partial charge on any atom is 0.293 e. The van der Waals surface area contributed by atoms with Crippen LogP contribution in [0.15, 0.2) is 83.8 Å². The van der Waals surface area contributed by atoms with Crippen LogP contribution in [0.25, 0.3) is 0 Å². The van der Waals surface area contributed by atoms with Crippen LogP contribution in [0.5, 0.6) is 5.75 Å². The molecule has 172 valence electrons. The topological polar surface area (TPSA) is 120 Å². The predicted molar refractivity (Wildman–Crippen MR) is 123 cm³/mol. The van der Waals surface area contributed by atoms with Crippen molar-refractivity contribution in [2.24, 2.45) is 0 Å². The number of rotatable bonds is 8. The summed E-state index contributed by atoms with van der Waals surface area (Å²) >= 11 is 0. The number of nitrogens with one attached hydrogen (secondary N) is 3. The number of hydrogen-bond donors (Lipinski definition) is 4. The van der Waals surface area contributed by atoms with Gasteiger partial charge in [0.1, 0.15) is 11.6 Å². The van der Waals surface area contributed by atoms with Gasteiger partial charge in [-0.1, -0.05) is 48.5 Å². The first-order chi connectivity index (χ1) is 16.5. The van der Waals surface area contributed by atoms with Gasteiger partial charge in [-0.05, 0) is 35.4 Å². The molecule has 2 aromatic carbocycles. The van der Waals surface area contributed by atoms with Gasteiger partial charge in [0.05, 0.1) is 11.7 Å². The average Bonchev–Trinajstić information content (AvgIpc) is 2.87. The van der Waals surface area contributed by atoms with Gasteiger partial charge < -0.3 is 15.4 Å². The summed E-state index contributed by atoms with van der Waals surface area (Å²) in [4.78, 5) is 36.4. The molecule has 0 aliphatic heterocycles. The van der Waals surface area contributed by atoms with Crippen LogP contribution in [-0.2, 0) is 13.1 Å². The second-order valence-electron chi connectivity index (χ2n) is 7.50. The van der Waals surface area contributed by atoms with E-state index in [0.717, 1.165) is 11.3 Å². The number of aromatic amines is 1. The van der Waals surface area contributed by atoms with Crippen LogP contribution in [0, 0.1) is 5.82 Å². The van der Waals surface area contributed by atoms with Crippen molar-refractivity contribution < 1.29 is 14.3 Å². The van der Waals surface area contributed by atoms with Crippen LogP contribution < -0.4 is 16.2 Å². The number of carbonyl (C=O) groups excluding carboxylic acids is 1. The van der Waals surface area contributed by atoms with Gasteiger partial charge in [-0.3, -0.25) is 19.9 Å². The molecule has 0 aliphatic rings. The Hall–Kier alpha value is -4.37. The summed E-state index contributed by atoms with van der Waals surface area (Å²) in [5.41, 5.74) is 0.990. The molecule has 0 saturated carbocycles. The zero-order chi connectivity index (χ0) is 23.9. The highest BCUT2D eigenvalue weighted by Crippen LogP contribution is 2.21. The van der Waals surface area contributed by atoms with Crippen molar-refractivity contribution in [1.29, 1.82) is 0 Å². The van der Waals surface area contributed by atoms with E-state index in [9.17, 15) is 19.1 Å². The van der Waals surface area contributed by atoms with Gasteiger partial charge in [0.15, 0.2) is 5.69 Å². The molecule has 0 bridgehead atoms. The molecule has 0 spiro atoms. The van der Waals surface area contributed by atoms with Crippen molar-refractivity contribution in [2.45, 2.75) is 19.1 Å². The SMILES string of the molecule is O=C(NCc1ccc(F)cc1)c1nc(C(NCc2ccccn2)c2ccccc2)[nH]c(=O)c1O. The molecule has 0 fully saturated rings. The lowest BCUT2D eigenvalue weighted by atomic mass is 10.1. The second kappa shape index (κ2) is 10.5. The summed E-state index contributed by atoms with van der Waals surface area (Å²) in [6, 6.07) is 19.8. The summed E-state index contributed by atoms with van der Waals surface area (Å²) in [6.07, 6.45) is 1.68. The zero-order valence-electron chi connectivity index (χ0n) is 18.0. The lowest BCUT2D eigenvalue weighted by Crippen LogP contribution is -2.31. The maximum absolute atomic E-state index is 13.1. The van der Waals surface area contributed by atoms with E-state index in [1.807, 2.05) is 48.5 Å². The first-order valence-corrected chi connectivity index (χ1v) is 10.6. The fourth-order valence-corrected chi connectivity index (χ4v) is 3.37. The molecule has 8 nitrogen and oxygen atoms in total. The molecule has 0 radical (unpaired) electrons. The highest BCUT2D eigenvalue weighted by Gasteiger charge is 2.23. The zero-order valence-corrected chi connectivity index (χ0v) is 18.0. The molecule has 9 heteroatoms. The van der Waals surface area contributed by atoms with Gasteiger partial charge in [0.25, 0.3) is 11.5 Å². The van der Waals surface area contributed by atoms with Gasteiger partial charge in [-0.25, -0.2) is 9.37 Å². The number of H-pyrrole nitrogens is 1. The molecular formula is C25H22FN5O3. The Balaban J connectivity index is 1.61. The second-order valence-corrected chi connectivity index (χ2v) is 7.50. The number of aromatic hydroxyl groups is 1. The van der Waals surface area contributed by atoms with E-state index in [0.29, 0.717) is 12.1 Å². The van der Waals surface area contributed by atoms with Gasteiger partial charge in [0.2, 0.25) is 5.75 Å². The molecule has 2 heterocycles. The molecule has 4 N–H and O–H groups in total. The molecule has 4 aromatic rings. The van der Waals surface area contributed by atoms with E-state index in [1.165, 1.54) is 24.3 Å². The number of amides is 1. The van der Waals surface area contributed by atoms with Crippen LogP contribution in [0.1, 0.15) is 39.2 Å². The minimum absolute atomic E-state index is 0.0718. The maximum atomic E-state index is 13.1. The van der Waals surface area contributed by atoms with E-state index in [1.54, 1.807) is 6.20 Å². The standard InChI is InChI=1S/C25H22FN5O3/c26-18-11-9-16(10-12-18)14-29-24(33)21-22(32)25(34)31-23(30-21)20(17-6-2-1-3-7-17)28-15-19-8-4-5-13-27-19/h1-13,20,28,32H,14-15H2,(H,29,33)(H,30,31,34). The first-order valence-electron chi connectivity index (χ1n) is 10.6. The fourth-order valence-electron chi connectivity index (χ4n) is 3.37. The number of pyridine rings is 1. The van der Waals surface area contributed by atoms with E-state index >= 15 is 0 Å². The Kier molecular flexibility index (Phi) is 7.04. The van der Waals surface area contributed by atoms with Gasteiger partial charge in [-0.2, -0.15) is 0 Å². The van der Waals surface area contributed by atoms with E-state index in [2.05, 4.69) is 25.6 Å². The molecule has 2 aromatic heterocycles. The van der Waals surface area contributed by atoms with E-state index in [-0.39, 0.29) is 12.4 Å². The van der Waals surface area contributed by atoms with Crippen molar-refractivity contribution in [3.8, 4) is 5.75 Å². The highest BCUT2D eigenvalue weighted by molar-refractivity contribution is 5.94. The number of benzene rings is 2. The monoisotopic (exact) mass is 459 g/mol. The van der Waals surface area contributed by atoms with Gasteiger partial charge in [0, 0.05) is 19.3 Å². The van der Waals surface area contributed by atoms with Crippen molar-refractivity contribution in [1.82, 2.24) is 25.6 Å². The Labute approximate surface area is 194 Å². The summed E-state index contributed by atoms with van der Waals surface area (Å²) in [5.74, 6) is -1.74. The third-order valence-electron chi connectivity index (χ3n) is 5.11. The molecule has 1 amide bonds. The molecule has 4 rings (SSSR count). The lowest BCUT2D eigenvalue weighted by molar-refractivity contribution is 0.0942. The highest BCUT2D eigenvalue weighted by atomic mass is 19.1. The molecule has 1 atom stereocenters. The summed E-state index contributed by atoms with van der Waals surface area (Å²) in [5, 5.41) is 16.1. The van der Waals surface area contributed by atoms with Crippen LogP contribution in [0.4, 0.5) is 4.39 Å². The van der Waals surface area contributed by atoms with Crippen LogP contribution in [0.3, 0.4) is 0 Å². The molecule has 1 unspecified atom stereocenters. The Morgan fingerprint density at radius 2 is 1.74 bits per heavy atom. The number of carbonyl (C=O) groups is 1. The lowest BCUT2D eigenvalue weighted by Gasteiger charge is -2.19. The third kappa shape index (κ3) is 5.51. The predicted octanol–water partition coefficient (Wildman–Crippen LogP) is 2.82. The minimum Gasteiger partial charge on any atom is -0.501 e. The normalized spacial score (nSPS) is 11.7. The van der Waals surface area contributed by atoms with Crippen LogP contribution >= 0.6 is 0 Å².